The molecule has 0 aliphatic carbocycles. The van der Waals surface area contributed by atoms with Gasteiger partial charge in [0.15, 0.2) is 0 Å². The summed E-state index contributed by atoms with van der Waals surface area (Å²) in [5, 5.41) is 4.81. The summed E-state index contributed by atoms with van der Waals surface area (Å²) in [6.45, 7) is 4.81. The first kappa shape index (κ1) is 21.4. The molecule has 0 aliphatic heterocycles. The maximum Gasteiger partial charge on any atom is 0.271 e. The third kappa shape index (κ3) is 6.09. The number of rotatable bonds is 8. The lowest BCUT2D eigenvalue weighted by Crippen LogP contribution is -2.19. The second-order valence-electron chi connectivity index (χ2n) is 6.54. The molecule has 0 saturated carbocycles. The minimum absolute atomic E-state index is 0.276. The van der Waals surface area contributed by atoms with E-state index in [2.05, 4.69) is 10.5 Å². The molecule has 5 nitrogen and oxygen atoms in total. The van der Waals surface area contributed by atoms with E-state index >= 15 is 0 Å². The fourth-order valence-corrected chi connectivity index (χ4v) is 2.80. The van der Waals surface area contributed by atoms with Gasteiger partial charge in [-0.2, -0.15) is 5.10 Å². The lowest BCUT2D eigenvalue weighted by Gasteiger charge is -2.08. The van der Waals surface area contributed by atoms with Crippen LogP contribution in [0.1, 0.15) is 35.3 Å². The highest BCUT2D eigenvalue weighted by Crippen LogP contribution is 2.19. The van der Waals surface area contributed by atoms with Gasteiger partial charge in [0, 0.05) is 10.6 Å². The molecule has 0 unspecified atom stereocenters. The normalized spacial score (nSPS) is 11.1. The van der Waals surface area contributed by atoms with Crippen molar-refractivity contribution >= 4 is 23.2 Å². The van der Waals surface area contributed by atoms with E-state index in [4.69, 9.17) is 21.1 Å². The largest absolute Gasteiger partial charge is 0.494 e. The van der Waals surface area contributed by atoms with E-state index in [-0.39, 0.29) is 5.91 Å². The van der Waals surface area contributed by atoms with Gasteiger partial charge in [0.25, 0.3) is 5.91 Å². The second-order valence-corrected chi connectivity index (χ2v) is 6.97. The predicted molar refractivity (Wildman–Crippen MR) is 120 cm³/mol. The molecule has 3 aromatic carbocycles. The fourth-order valence-electron chi connectivity index (χ4n) is 2.67. The zero-order chi connectivity index (χ0) is 21.3. The van der Waals surface area contributed by atoms with E-state index < -0.39 is 0 Å². The van der Waals surface area contributed by atoms with Crippen molar-refractivity contribution in [2.45, 2.75) is 20.5 Å². The molecular formula is C24H23ClN2O3. The molecule has 3 aromatic rings. The van der Waals surface area contributed by atoms with Crippen LogP contribution in [0.5, 0.6) is 11.5 Å². The highest BCUT2D eigenvalue weighted by atomic mass is 35.5. The van der Waals surface area contributed by atoms with Crippen molar-refractivity contribution in [3.8, 4) is 11.5 Å². The molecule has 0 fully saturated rings. The molecule has 0 bridgehead atoms. The molecule has 0 atom stereocenters. The number of nitrogens with zero attached hydrogens (tertiary/aromatic N) is 1. The molecular weight excluding hydrogens is 400 g/mol. The summed E-state index contributed by atoms with van der Waals surface area (Å²) in [6.07, 6.45) is 0. The Balaban J connectivity index is 1.53. The average molecular weight is 423 g/mol. The number of carbonyl (C=O) groups excluding carboxylic acids is 1. The highest BCUT2D eigenvalue weighted by Gasteiger charge is 2.06. The van der Waals surface area contributed by atoms with Crippen molar-refractivity contribution < 1.29 is 14.3 Å². The Morgan fingerprint density at radius 1 is 0.867 bits per heavy atom. The summed E-state index contributed by atoms with van der Waals surface area (Å²) in [7, 11) is 0. The van der Waals surface area contributed by atoms with Crippen LogP contribution in [0.25, 0.3) is 0 Å². The van der Waals surface area contributed by atoms with E-state index in [9.17, 15) is 4.79 Å². The summed E-state index contributed by atoms with van der Waals surface area (Å²) in [4.78, 5) is 12.3. The van der Waals surface area contributed by atoms with Crippen LogP contribution in [0.3, 0.4) is 0 Å². The molecule has 154 valence electrons. The summed E-state index contributed by atoms with van der Waals surface area (Å²) in [5.74, 6) is 1.30. The molecule has 0 aromatic heterocycles. The monoisotopic (exact) mass is 422 g/mol. The van der Waals surface area contributed by atoms with E-state index in [1.54, 1.807) is 24.3 Å². The van der Waals surface area contributed by atoms with Gasteiger partial charge < -0.3 is 9.47 Å². The summed E-state index contributed by atoms with van der Waals surface area (Å²) >= 11 is 5.89. The van der Waals surface area contributed by atoms with Gasteiger partial charge in [-0.1, -0.05) is 35.9 Å². The molecule has 0 heterocycles. The van der Waals surface area contributed by atoms with Crippen LogP contribution in [-0.4, -0.2) is 18.2 Å². The third-order valence-electron chi connectivity index (χ3n) is 4.34. The lowest BCUT2D eigenvalue weighted by molar-refractivity contribution is 0.0955. The SMILES string of the molecule is CCOc1ccc(OCc2ccc(C(=O)NN=C(C)c3ccc(Cl)cc3)cc2)cc1. The first-order valence-corrected chi connectivity index (χ1v) is 9.98. The Hall–Kier alpha value is -3.31. The minimum Gasteiger partial charge on any atom is -0.494 e. The number of halogens is 1. The number of hydrazone groups is 1. The highest BCUT2D eigenvalue weighted by molar-refractivity contribution is 6.30. The molecule has 0 aliphatic rings. The number of amides is 1. The molecule has 6 heteroatoms. The van der Waals surface area contributed by atoms with Gasteiger partial charge >= 0.3 is 0 Å². The molecule has 3 rings (SSSR count). The van der Waals surface area contributed by atoms with Crippen molar-refractivity contribution in [2.75, 3.05) is 6.61 Å². The molecule has 0 saturated heterocycles. The topological polar surface area (TPSA) is 59.9 Å². The number of benzene rings is 3. The zero-order valence-corrected chi connectivity index (χ0v) is 17.6. The quantitative estimate of drug-likeness (QED) is 0.386. The van der Waals surface area contributed by atoms with Crippen LogP contribution in [-0.2, 0) is 6.61 Å². The van der Waals surface area contributed by atoms with Crippen LogP contribution >= 0.6 is 11.6 Å². The van der Waals surface area contributed by atoms with E-state index in [0.29, 0.717) is 29.5 Å². The van der Waals surface area contributed by atoms with Crippen LogP contribution in [0.15, 0.2) is 77.9 Å². The van der Waals surface area contributed by atoms with Crippen molar-refractivity contribution in [1.29, 1.82) is 0 Å². The number of ether oxygens (including phenoxy) is 2. The molecule has 1 amide bonds. The molecule has 30 heavy (non-hydrogen) atoms. The van der Waals surface area contributed by atoms with Crippen LogP contribution in [0.4, 0.5) is 0 Å². The van der Waals surface area contributed by atoms with Gasteiger partial charge in [0.05, 0.1) is 12.3 Å². The van der Waals surface area contributed by atoms with Gasteiger partial charge in [-0.15, -0.1) is 0 Å². The lowest BCUT2D eigenvalue weighted by atomic mass is 10.1. The Kier molecular flexibility index (Phi) is 7.46. The Morgan fingerprint density at radius 2 is 1.43 bits per heavy atom. The van der Waals surface area contributed by atoms with Crippen molar-refractivity contribution in [1.82, 2.24) is 5.43 Å². The van der Waals surface area contributed by atoms with Crippen LogP contribution in [0, 0.1) is 0 Å². The summed E-state index contributed by atoms with van der Waals surface area (Å²) < 4.78 is 11.2. The van der Waals surface area contributed by atoms with Crippen molar-refractivity contribution in [3.63, 3.8) is 0 Å². The number of nitrogens with one attached hydrogen (secondary N) is 1. The molecule has 1 N–H and O–H groups in total. The molecule has 0 spiro atoms. The summed E-state index contributed by atoms with van der Waals surface area (Å²) in [5.41, 5.74) is 5.64. The third-order valence-corrected chi connectivity index (χ3v) is 4.60. The maximum atomic E-state index is 12.3. The van der Waals surface area contributed by atoms with Gasteiger partial charge in [-0.05, 0) is 73.5 Å². The van der Waals surface area contributed by atoms with Crippen LogP contribution < -0.4 is 14.9 Å². The molecule has 0 radical (unpaired) electrons. The Bertz CT molecular complexity index is 998. The Labute approximate surface area is 181 Å². The zero-order valence-electron chi connectivity index (χ0n) is 16.9. The standard InChI is InChI=1S/C24H23ClN2O3/c1-3-29-22-12-14-23(15-13-22)30-16-18-4-6-20(7-5-18)24(28)27-26-17(2)19-8-10-21(25)11-9-19/h4-15H,3,16H2,1-2H3,(H,27,28). The fraction of sp³-hybridized carbons (Fsp3) is 0.167. The number of hydrogen-bond acceptors (Lipinski definition) is 4. The predicted octanol–water partition coefficient (Wildman–Crippen LogP) is 5.47. The van der Waals surface area contributed by atoms with Gasteiger partial charge in [0.2, 0.25) is 0 Å². The number of carbonyl (C=O) groups is 1. The summed E-state index contributed by atoms with van der Waals surface area (Å²) in [6, 6.07) is 22.0. The minimum atomic E-state index is -0.276. The first-order valence-electron chi connectivity index (χ1n) is 9.60. The van der Waals surface area contributed by atoms with Crippen molar-refractivity contribution in [2.24, 2.45) is 5.10 Å². The van der Waals surface area contributed by atoms with Gasteiger partial charge in [-0.25, -0.2) is 5.43 Å². The maximum absolute atomic E-state index is 12.3. The van der Waals surface area contributed by atoms with E-state index in [1.165, 1.54) is 0 Å². The van der Waals surface area contributed by atoms with Crippen molar-refractivity contribution in [3.05, 3.63) is 94.5 Å². The smallest absolute Gasteiger partial charge is 0.271 e. The second kappa shape index (κ2) is 10.5. The van der Waals surface area contributed by atoms with E-state index in [1.807, 2.05) is 62.4 Å². The van der Waals surface area contributed by atoms with Gasteiger partial charge in [0.1, 0.15) is 18.1 Å². The van der Waals surface area contributed by atoms with Crippen LogP contribution in [0.2, 0.25) is 5.02 Å². The first-order chi connectivity index (χ1) is 14.5. The average Bonchev–Trinajstić information content (AvgIpc) is 2.78. The Morgan fingerprint density at radius 3 is 2.03 bits per heavy atom. The number of hydrogen-bond donors (Lipinski definition) is 1. The van der Waals surface area contributed by atoms with Gasteiger partial charge in [-0.3, -0.25) is 4.79 Å². The van der Waals surface area contributed by atoms with E-state index in [0.717, 1.165) is 22.6 Å².